The van der Waals surface area contributed by atoms with Gasteiger partial charge in [-0.15, -0.1) is 0 Å². The van der Waals surface area contributed by atoms with E-state index in [0.29, 0.717) is 17.3 Å². The van der Waals surface area contributed by atoms with Crippen molar-refractivity contribution in [1.82, 2.24) is 9.88 Å². The van der Waals surface area contributed by atoms with Gasteiger partial charge in [0.1, 0.15) is 0 Å². The number of benzene rings is 1. The lowest BCUT2D eigenvalue weighted by atomic mass is 9.94. The number of likely N-dealkylation sites (tertiary alicyclic amines) is 1. The molecule has 1 unspecified atom stereocenters. The molecule has 1 atom stereocenters. The molecule has 158 valence electrons. The normalized spacial score (nSPS) is 17.9. The molecule has 0 amide bonds. The van der Waals surface area contributed by atoms with Crippen molar-refractivity contribution in [2.45, 2.75) is 37.1 Å². The van der Waals surface area contributed by atoms with Crippen LogP contribution in [-0.2, 0) is 16.4 Å². The highest BCUT2D eigenvalue weighted by Crippen LogP contribution is 2.33. The van der Waals surface area contributed by atoms with E-state index in [2.05, 4.69) is 9.88 Å². The summed E-state index contributed by atoms with van der Waals surface area (Å²) < 4.78 is 35.5. The molecule has 1 aliphatic heterocycles. The third kappa shape index (κ3) is 5.41. The van der Waals surface area contributed by atoms with Gasteiger partial charge in [0.15, 0.2) is 21.3 Å². The van der Waals surface area contributed by atoms with Gasteiger partial charge in [-0.25, -0.2) is 8.42 Å². The van der Waals surface area contributed by atoms with Gasteiger partial charge in [-0.1, -0.05) is 17.7 Å². The second-order valence-corrected chi connectivity index (χ2v) is 9.72. The van der Waals surface area contributed by atoms with Gasteiger partial charge in [0, 0.05) is 31.5 Å². The Bertz CT molecular complexity index is 965. The molecule has 0 bridgehead atoms. The van der Waals surface area contributed by atoms with Crippen molar-refractivity contribution >= 4 is 21.4 Å². The number of nitrogens with zero attached hydrogens (tertiary/aromatic N) is 2. The van der Waals surface area contributed by atoms with Gasteiger partial charge in [0.05, 0.1) is 29.3 Å². The van der Waals surface area contributed by atoms with E-state index in [1.165, 1.54) is 18.5 Å². The molecule has 2 heterocycles. The molecule has 0 N–H and O–H groups in total. The van der Waals surface area contributed by atoms with Crippen LogP contribution in [0.25, 0.3) is 0 Å². The van der Waals surface area contributed by atoms with Crippen LogP contribution in [0.1, 0.15) is 36.9 Å². The van der Waals surface area contributed by atoms with Crippen LogP contribution in [0.2, 0.25) is 5.02 Å². The average molecular weight is 439 g/mol. The second kappa shape index (κ2) is 9.32. The Hall–Kier alpha value is -1.83. The maximum atomic E-state index is 12.2. The fraction of sp³-hybridized carbons (Fsp3) is 0.476. The summed E-state index contributed by atoms with van der Waals surface area (Å²) in [5.74, 6) is 1.51. The zero-order chi connectivity index (χ0) is 21.0. The van der Waals surface area contributed by atoms with Crippen molar-refractivity contribution in [3.8, 4) is 11.5 Å². The summed E-state index contributed by atoms with van der Waals surface area (Å²) in [4.78, 5) is 6.96. The SMILES string of the molecule is CCOc1ccc(CN2CCCC(c3ncc(Cl)cc3S(C)(=O)=O)C2)cc1OC. The molecule has 0 radical (unpaired) electrons. The van der Waals surface area contributed by atoms with Crippen molar-refractivity contribution in [2.75, 3.05) is 33.1 Å². The van der Waals surface area contributed by atoms with Crippen LogP contribution in [-0.4, -0.2) is 51.4 Å². The van der Waals surface area contributed by atoms with Crippen LogP contribution in [0.3, 0.4) is 0 Å². The number of rotatable bonds is 7. The number of piperidine rings is 1. The molecule has 6 nitrogen and oxygen atoms in total. The van der Waals surface area contributed by atoms with E-state index < -0.39 is 9.84 Å². The van der Waals surface area contributed by atoms with E-state index in [9.17, 15) is 8.42 Å². The Morgan fingerprint density at radius 2 is 2.07 bits per heavy atom. The highest BCUT2D eigenvalue weighted by atomic mass is 35.5. The average Bonchev–Trinajstić information content (AvgIpc) is 2.69. The second-order valence-electron chi connectivity index (χ2n) is 7.30. The van der Waals surface area contributed by atoms with Gasteiger partial charge in [-0.2, -0.15) is 0 Å². The number of aromatic nitrogens is 1. The molecule has 2 aromatic rings. The first-order chi connectivity index (χ1) is 13.8. The first kappa shape index (κ1) is 21.9. The van der Waals surface area contributed by atoms with E-state index in [1.54, 1.807) is 7.11 Å². The minimum atomic E-state index is -3.40. The highest BCUT2D eigenvalue weighted by Gasteiger charge is 2.27. The van der Waals surface area contributed by atoms with Gasteiger partial charge >= 0.3 is 0 Å². The zero-order valence-corrected chi connectivity index (χ0v) is 18.6. The fourth-order valence-corrected chi connectivity index (χ4v) is 4.96. The van der Waals surface area contributed by atoms with Crippen molar-refractivity contribution in [2.24, 2.45) is 0 Å². The van der Waals surface area contributed by atoms with Gasteiger partial charge in [-0.3, -0.25) is 9.88 Å². The van der Waals surface area contributed by atoms with Crippen molar-refractivity contribution in [1.29, 1.82) is 0 Å². The van der Waals surface area contributed by atoms with E-state index in [4.69, 9.17) is 21.1 Å². The predicted octanol–water partition coefficient (Wildman–Crippen LogP) is 3.93. The zero-order valence-electron chi connectivity index (χ0n) is 17.0. The van der Waals surface area contributed by atoms with Crippen LogP contribution in [0.15, 0.2) is 35.4 Å². The molecule has 1 saturated heterocycles. The number of methoxy groups -OCH3 is 1. The Morgan fingerprint density at radius 3 is 2.76 bits per heavy atom. The van der Waals surface area contributed by atoms with Gasteiger partial charge < -0.3 is 9.47 Å². The summed E-state index contributed by atoms with van der Waals surface area (Å²) in [6.07, 6.45) is 4.62. The van der Waals surface area contributed by atoms with Crippen LogP contribution >= 0.6 is 11.6 Å². The molecule has 29 heavy (non-hydrogen) atoms. The standard InChI is InChI=1S/C21H27ClN2O4S/c1-4-28-18-8-7-15(10-19(18)27-2)13-24-9-5-6-16(14-24)21-20(29(3,25)26)11-17(22)12-23-21/h7-8,10-12,16H,4-6,9,13-14H2,1-3H3. The maximum Gasteiger partial charge on any atom is 0.177 e. The number of hydrogen-bond donors (Lipinski definition) is 0. The largest absolute Gasteiger partial charge is 0.493 e. The number of hydrogen-bond acceptors (Lipinski definition) is 6. The van der Waals surface area contributed by atoms with E-state index >= 15 is 0 Å². The molecule has 0 saturated carbocycles. The number of ether oxygens (including phenoxy) is 2. The molecular weight excluding hydrogens is 412 g/mol. The quantitative estimate of drug-likeness (QED) is 0.652. The van der Waals surface area contributed by atoms with Gasteiger partial charge in [0.25, 0.3) is 0 Å². The summed E-state index contributed by atoms with van der Waals surface area (Å²) in [7, 11) is -1.76. The molecule has 1 aliphatic rings. The lowest BCUT2D eigenvalue weighted by molar-refractivity contribution is 0.197. The molecule has 1 aromatic heterocycles. The van der Waals surface area contributed by atoms with Crippen LogP contribution in [0, 0.1) is 0 Å². The van der Waals surface area contributed by atoms with E-state index in [0.717, 1.165) is 49.5 Å². The molecule has 3 rings (SSSR count). The van der Waals surface area contributed by atoms with Crippen molar-refractivity contribution < 1.29 is 17.9 Å². The molecule has 0 aliphatic carbocycles. The molecule has 1 fully saturated rings. The summed E-state index contributed by atoms with van der Waals surface area (Å²) in [5, 5.41) is 0.336. The molecule has 0 spiro atoms. The predicted molar refractivity (Wildman–Crippen MR) is 114 cm³/mol. The summed E-state index contributed by atoms with van der Waals surface area (Å²) in [6, 6.07) is 7.48. The summed E-state index contributed by atoms with van der Waals surface area (Å²) >= 11 is 6.00. The molecule has 8 heteroatoms. The minimum absolute atomic E-state index is 0.0512. The number of pyridine rings is 1. The lowest BCUT2D eigenvalue weighted by Gasteiger charge is -2.33. The maximum absolute atomic E-state index is 12.2. The van der Waals surface area contributed by atoms with Gasteiger partial charge in [-0.05, 0) is 50.1 Å². The van der Waals surface area contributed by atoms with E-state index in [1.807, 2.05) is 25.1 Å². The number of sulfone groups is 1. The summed E-state index contributed by atoms with van der Waals surface area (Å²) in [5.41, 5.74) is 1.74. The third-order valence-electron chi connectivity index (χ3n) is 5.07. The Kier molecular flexibility index (Phi) is 7.03. The smallest absolute Gasteiger partial charge is 0.177 e. The topological polar surface area (TPSA) is 68.7 Å². The van der Waals surface area contributed by atoms with Crippen molar-refractivity contribution in [3.05, 3.63) is 46.7 Å². The third-order valence-corrected chi connectivity index (χ3v) is 6.41. The first-order valence-electron chi connectivity index (χ1n) is 9.69. The Morgan fingerprint density at radius 1 is 1.28 bits per heavy atom. The summed E-state index contributed by atoms with van der Waals surface area (Å²) in [6.45, 7) is 4.97. The van der Waals surface area contributed by atoms with Crippen molar-refractivity contribution in [3.63, 3.8) is 0 Å². The number of halogens is 1. The Balaban J connectivity index is 1.79. The van der Waals surface area contributed by atoms with Crippen LogP contribution in [0.5, 0.6) is 11.5 Å². The molecule has 1 aromatic carbocycles. The van der Waals surface area contributed by atoms with Gasteiger partial charge in [0.2, 0.25) is 0 Å². The molecular formula is C21H27ClN2O4S. The van der Waals surface area contributed by atoms with Crippen LogP contribution in [0.4, 0.5) is 0 Å². The Labute approximate surface area is 177 Å². The monoisotopic (exact) mass is 438 g/mol. The highest BCUT2D eigenvalue weighted by molar-refractivity contribution is 7.90. The lowest BCUT2D eigenvalue weighted by Crippen LogP contribution is -2.34. The van der Waals surface area contributed by atoms with Crippen LogP contribution < -0.4 is 9.47 Å². The van der Waals surface area contributed by atoms with E-state index in [-0.39, 0.29) is 10.8 Å². The first-order valence-corrected chi connectivity index (χ1v) is 12.0. The fourth-order valence-electron chi connectivity index (χ4n) is 3.80. The minimum Gasteiger partial charge on any atom is -0.493 e.